The third kappa shape index (κ3) is 10.9. The number of phenolic OH excluding ortho intramolecular Hbond substituents is 1. The van der Waals surface area contributed by atoms with Crippen molar-refractivity contribution in [2.45, 2.75) is 20.0 Å². The van der Waals surface area contributed by atoms with Gasteiger partial charge < -0.3 is 14.9 Å². The van der Waals surface area contributed by atoms with E-state index < -0.39 is 12.7 Å². The maximum Gasteiger partial charge on any atom is 0.378 e. The first-order valence-electron chi connectivity index (χ1n) is 4.79. The van der Waals surface area contributed by atoms with Crippen molar-refractivity contribution in [3.8, 4) is 5.75 Å². The lowest BCUT2D eigenvalue weighted by molar-refractivity contribution is -0.241. The van der Waals surface area contributed by atoms with E-state index in [0.717, 1.165) is 7.11 Å². The molecule has 0 radical (unpaired) electrons. The van der Waals surface area contributed by atoms with Crippen LogP contribution in [0.3, 0.4) is 0 Å². The number of ether oxygens (including phenoxy) is 1. The molecule has 1 rings (SSSR count). The van der Waals surface area contributed by atoms with E-state index in [1.807, 2.05) is 19.9 Å². The number of para-hydroxylation sites is 1. The van der Waals surface area contributed by atoms with Crippen LogP contribution in [-0.2, 0) is 4.74 Å². The second-order valence-electron chi connectivity index (χ2n) is 2.34. The first kappa shape index (κ1) is 17.2. The number of rotatable bonds is 2. The van der Waals surface area contributed by atoms with Crippen molar-refractivity contribution in [2.24, 2.45) is 0 Å². The van der Waals surface area contributed by atoms with Crippen LogP contribution < -0.4 is 0 Å². The van der Waals surface area contributed by atoms with Crippen molar-refractivity contribution in [2.75, 3.05) is 13.7 Å². The maximum absolute atomic E-state index is 11.4. The molecule has 94 valence electrons. The van der Waals surface area contributed by atoms with Crippen molar-refractivity contribution < 1.29 is 23.7 Å². The molecular formula is C11H18F2O3. The standard InChI is InChI=1S/C6H6O.C3H6F2O2.C2H6/c7-6-4-2-1-3-5-6;1-7-3(4,5)2-6;1-2/h1-5,7H;6H,2H2,1H3;1-2H3. The molecule has 0 fully saturated rings. The summed E-state index contributed by atoms with van der Waals surface area (Å²) in [6.45, 7) is 2.74. The summed E-state index contributed by atoms with van der Waals surface area (Å²) in [6, 6.07) is 8.71. The highest BCUT2D eigenvalue weighted by atomic mass is 19.3. The minimum atomic E-state index is -3.36. The summed E-state index contributed by atoms with van der Waals surface area (Å²) >= 11 is 0. The second kappa shape index (κ2) is 10.3. The van der Waals surface area contributed by atoms with Crippen LogP contribution in [0.15, 0.2) is 30.3 Å². The van der Waals surface area contributed by atoms with Crippen molar-refractivity contribution in [3.05, 3.63) is 30.3 Å². The Kier molecular flexibility index (Phi) is 11.1. The van der Waals surface area contributed by atoms with Gasteiger partial charge in [-0.2, -0.15) is 8.78 Å². The highest BCUT2D eigenvalue weighted by Gasteiger charge is 2.25. The number of benzene rings is 1. The van der Waals surface area contributed by atoms with Gasteiger partial charge in [0.15, 0.2) is 0 Å². The Morgan fingerprint density at radius 2 is 1.62 bits per heavy atom. The lowest BCUT2D eigenvalue weighted by Gasteiger charge is -2.07. The molecule has 1 aromatic carbocycles. The summed E-state index contributed by atoms with van der Waals surface area (Å²) in [5.41, 5.74) is 0. The Balaban J connectivity index is 0. The molecule has 0 aliphatic heterocycles. The van der Waals surface area contributed by atoms with Gasteiger partial charge in [0.1, 0.15) is 12.4 Å². The Morgan fingerprint density at radius 1 is 1.19 bits per heavy atom. The summed E-state index contributed by atoms with van der Waals surface area (Å²) in [5, 5.41) is 16.4. The molecule has 0 bridgehead atoms. The number of halogens is 2. The molecule has 0 amide bonds. The molecule has 0 aliphatic carbocycles. The number of hydrogen-bond donors (Lipinski definition) is 2. The SMILES string of the molecule is CC.COC(F)(F)CO.Oc1ccccc1. The molecule has 16 heavy (non-hydrogen) atoms. The predicted molar refractivity (Wildman–Crippen MR) is 58.5 cm³/mol. The van der Waals surface area contributed by atoms with Gasteiger partial charge in [0.25, 0.3) is 0 Å². The van der Waals surface area contributed by atoms with E-state index in [1.165, 1.54) is 0 Å². The van der Waals surface area contributed by atoms with E-state index in [-0.39, 0.29) is 0 Å². The smallest absolute Gasteiger partial charge is 0.378 e. The average molecular weight is 236 g/mol. The number of hydrogen-bond acceptors (Lipinski definition) is 3. The van der Waals surface area contributed by atoms with Crippen LogP contribution in [0, 0.1) is 0 Å². The fraction of sp³-hybridized carbons (Fsp3) is 0.455. The first-order valence-corrected chi connectivity index (χ1v) is 4.79. The third-order valence-corrected chi connectivity index (χ3v) is 1.24. The van der Waals surface area contributed by atoms with Gasteiger partial charge in [0, 0.05) is 7.11 Å². The predicted octanol–water partition coefficient (Wildman–Crippen LogP) is 2.64. The zero-order chi connectivity index (χ0) is 13.0. The first-order chi connectivity index (χ1) is 7.52. The molecule has 0 heterocycles. The Bertz CT molecular complexity index is 234. The highest BCUT2D eigenvalue weighted by molar-refractivity contribution is 5.18. The van der Waals surface area contributed by atoms with E-state index in [1.54, 1.807) is 24.3 Å². The summed E-state index contributed by atoms with van der Waals surface area (Å²) in [5.74, 6) is 0.322. The number of phenols is 1. The van der Waals surface area contributed by atoms with Gasteiger partial charge in [0.05, 0.1) is 0 Å². The van der Waals surface area contributed by atoms with Crippen LogP contribution in [0.4, 0.5) is 8.78 Å². The molecule has 3 nitrogen and oxygen atoms in total. The molecule has 0 atom stereocenters. The van der Waals surface area contributed by atoms with E-state index in [2.05, 4.69) is 4.74 Å². The molecule has 5 heteroatoms. The molecule has 0 aliphatic rings. The molecule has 2 N–H and O–H groups in total. The largest absolute Gasteiger partial charge is 0.508 e. The fourth-order valence-electron chi connectivity index (χ4n) is 0.493. The Labute approximate surface area is 94.3 Å². The lowest BCUT2D eigenvalue weighted by atomic mass is 10.3. The van der Waals surface area contributed by atoms with Gasteiger partial charge in [-0.05, 0) is 12.1 Å². The monoisotopic (exact) mass is 236 g/mol. The summed E-state index contributed by atoms with van der Waals surface area (Å²) in [7, 11) is 0.830. The van der Waals surface area contributed by atoms with E-state index >= 15 is 0 Å². The van der Waals surface area contributed by atoms with Crippen LogP contribution >= 0.6 is 0 Å². The zero-order valence-electron chi connectivity index (χ0n) is 9.65. The minimum absolute atomic E-state index is 0.322. The highest BCUT2D eigenvalue weighted by Crippen LogP contribution is 2.10. The van der Waals surface area contributed by atoms with E-state index in [4.69, 9.17) is 10.2 Å². The Hall–Kier alpha value is -1.20. The molecule has 0 saturated heterocycles. The summed E-state index contributed by atoms with van der Waals surface area (Å²) in [4.78, 5) is 0. The van der Waals surface area contributed by atoms with Crippen LogP contribution in [-0.4, -0.2) is 30.0 Å². The number of methoxy groups -OCH3 is 1. The van der Waals surface area contributed by atoms with Crippen LogP contribution in [0.5, 0.6) is 5.75 Å². The third-order valence-electron chi connectivity index (χ3n) is 1.24. The number of alkyl halides is 2. The van der Waals surface area contributed by atoms with E-state index in [9.17, 15) is 8.78 Å². The van der Waals surface area contributed by atoms with Crippen LogP contribution in [0.1, 0.15) is 13.8 Å². The van der Waals surface area contributed by atoms with Crippen molar-refractivity contribution in [1.29, 1.82) is 0 Å². The van der Waals surface area contributed by atoms with Gasteiger partial charge in [-0.3, -0.25) is 0 Å². The Morgan fingerprint density at radius 3 is 1.75 bits per heavy atom. The van der Waals surface area contributed by atoms with Crippen molar-refractivity contribution in [3.63, 3.8) is 0 Å². The van der Waals surface area contributed by atoms with Gasteiger partial charge >= 0.3 is 6.11 Å². The lowest BCUT2D eigenvalue weighted by Crippen LogP contribution is -2.22. The number of aliphatic hydroxyl groups is 1. The van der Waals surface area contributed by atoms with Crippen LogP contribution in [0.25, 0.3) is 0 Å². The number of aliphatic hydroxyl groups excluding tert-OH is 1. The normalized spacial score (nSPS) is 9.38. The topological polar surface area (TPSA) is 49.7 Å². The summed E-state index contributed by atoms with van der Waals surface area (Å²) in [6.07, 6.45) is -3.36. The van der Waals surface area contributed by atoms with Gasteiger partial charge in [-0.1, -0.05) is 32.0 Å². The molecular weight excluding hydrogens is 218 g/mol. The number of aromatic hydroxyl groups is 1. The van der Waals surface area contributed by atoms with Gasteiger partial charge in [-0.25, -0.2) is 0 Å². The minimum Gasteiger partial charge on any atom is -0.508 e. The van der Waals surface area contributed by atoms with E-state index in [0.29, 0.717) is 5.75 Å². The maximum atomic E-state index is 11.4. The average Bonchev–Trinajstić information content (AvgIpc) is 2.33. The second-order valence-corrected chi connectivity index (χ2v) is 2.34. The fourth-order valence-corrected chi connectivity index (χ4v) is 0.493. The van der Waals surface area contributed by atoms with Crippen LogP contribution in [0.2, 0.25) is 0 Å². The van der Waals surface area contributed by atoms with Crippen molar-refractivity contribution >= 4 is 0 Å². The zero-order valence-corrected chi connectivity index (χ0v) is 9.65. The summed E-state index contributed by atoms with van der Waals surface area (Å²) < 4.78 is 26.3. The molecule has 0 unspecified atom stereocenters. The molecule has 0 aromatic heterocycles. The van der Waals surface area contributed by atoms with Gasteiger partial charge in [0.2, 0.25) is 0 Å². The van der Waals surface area contributed by atoms with Gasteiger partial charge in [-0.15, -0.1) is 0 Å². The van der Waals surface area contributed by atoms with Crippen molar-refractivity contribution in [1.82, 2.24) is 0 Å². The molecule has 0 spiro atoms. The molecule has 0 saturated carbocycles. The molecule has 1 aromatic rings. The quantitative estimate of drug-likeness (QED) is 0.829.